The van der Waals surface area contributed by atoms with Gasteiger partial charge in [-0.05, 0) is 23.8 Å². The first kappa shape index (κ1) is 13.6. The molecule has 1 aromatic heterocycles. The quantitative estimate of drug-likeness (QED) is 0.834. The smallest absolute Gasteiger partial charge is 0.264 e. The SMILES string of the molecule is CN(Cc1ccc(Br)cc1)C(=O)c1cc(S)cs1. The van der Waals surface area contributed by atoms with Crippen molar-refractivity contribution in [1.82, 2.24) is 4.90 Å². The molecule has 18 heavy (non-hydrogen) atoms. The molecular formula is C13H12BrNOS2. The summed E-state index contributed by atoms with van der Waals surface area (Å²) < 4.78 is 1.04. The molecule has 2 rings (SSSR count). The third-order valence-electron chi connectivity index (χ3n) is 2.48. The van der Waals surface area contributed by atoms with Crippen LogP contribution in [-0.2, 0) is 6.54 Å². The lowest BCUT2D eigenvalue weighted by Gasteiger charge is -2.16. The minimum Gasteiger partial charge on any atom is -0.337 e. The molecule has 1 aromatic carbocycles. The minimum absolute atomic E-state index is 0.0308. The fourth-order valence-electron chi connectivity index (χ4n) is 1.56. The van der Waals surface area contributed by atoms with Crippen LogP contribution in [0.2, 0.25) is 0 Å². The molecule has 2 aromatic rings. The van der Waals surface area contributed by atoms with Crippen molar-refractivity contribution in [2.45, 2.75) is 11.4 Å². The molecule has 5 heteroatoms. The molecule has 1 heterocycles. The monoisotopic (exact) mass is 341 g/mol. The van der Waals surface area contributed by atoms with Crippen molar-refractivity contribution >= 4 is 45.8 Å². The van der Waals surface area contributed by atoms with Crippen LogP contribution in [0.25, 0.3) is 0 Å². The van der Waals surface area contributed by atoms with Crippen LogP contribution in [0.1, 0.15) is 15.2 Å². The Balaban J connectivity index is 2.05. The van der Waals surface area contributed by atoms with E-state index in [9.17, 15) is 4.79 Å². The van der Waals surface area contributed by atoms with Crippen molar-refractivity contribution in [3.63, 3.8) is 0 Å². The van der Waals surface area contributed by atoms with Crippen molar-refractivity contribution in [2.75, 3.05) is 7.05 Å². The lowest BCUT2D eigenvalue weighted by molar-refractivity contribution is 0.0789. The average Bonchev–Trinajstić information content (AvgIpc) is 2.78. The van der Waals surface area contributed by atoms with Crippen molar-refractivity contribution in [1.29, 1.82) is 0 Å². The highest BCUT2D eigenvalue weighted by Crippen LogP contribution is 2.20. The van der Waals surface area contributed by atoms with E-state index < -0.39 is 0 Å². The molecule has 1 amide bonds. The van der Waals surface area contributed by atoms with Gasteiger partial charge in [-0.15, -0.1) is 24.0 Å². The molecule has 0 aliphatic heterocycles. The first-order valence-electron chi connectivity index (χ1n) is 5.33. The van der Waals surface area contributed by atoms with E-state index in [-0.39, 0.29) is 5.91 Å². The van der Waals surface area contributed by atoms with Gasteiger partial charge in [0.15, 0.2) is 0 Å². The minimum atomic E-state index is 0.0308. The summed E-state index contributed by atoms with van der Waals surface area (Å²) in [6, 6.07) is 9.77. The van der Waals surface area contributed by atoms with Crippen LogP contribution < -0.4 is 0 Å². The van der Waals surface area contributed by atoms with E-state index in [0.717, 1.165) is 19.8 Å². The summed E-state index contributed by atoms with van der Waals surface area (Å²) in [5.41, 5.74) is 1.11. The molecule has 0 unspecified atom stereocenters. The molecule has 0 atom stereocenters. The zero-order valence-corrected chi connectivity index (χ0v) is 13.1. The van der Waals surface area contributed by atoms with Gasteiger partial charge in [-0.25, -0.2) is 0 Å². The van der Waals surface area contributed by atoms with Crippen LogP contribution >= 0.6 is 39.9 Å². The largest absolute Gasteiger partial charge is 0.337 e. The third-order valence-corrected chi connectivity index (χ3v) is 4.36. The number of carbonyl (C=O) groups is 1. The fraction of sp³-hybridized carbons (Fsp3) is 0.154. The highest BCUT2D eigenvalue weighted by molar-refractivity contribution is 9.10. The zero-order chi connectivity index (χ0) is 13.1. The van der Waals surface area contributed by atoms with Gasteiger partial charge in [-0.2, -0.15) is 0 Å². The second kappa shape index (κ2) is 5.91. The van der Waals surface area contributed by atoms with Gasteiger partial charge in [-0.3, -0.25) is 4.79 Å². The van der Waals surface area contributed by atoms with Gasteiger partial charge in [0.05, 0.1) is 4.88 Å². The number of amides is 1. The van der Waals surface area contributed by atoms with Gasteiger partial charge >= 0.3 is 0 Å². The molecule has 0 bridgehead atoms. The first-order chi connectivity index (χ1) is 8.56. The van der Waals surface area contributed by atoms with Crippen molar-refractivity contribution in [3.8, 4) is 0 Å². The standard InChI is InChI=1S/C13H12BrNOS2/c1-15(7-9-2-4-10(14)5-3-9)13(16)12-6-11(17)8-18-12/h2-6,8,17H,7H2,1H3. The normalized spacial score (nSPS) is 10.4. The van der Waals surface area contributed by atoms with Gasteiger partial charge in [0, 0.05) is 28.3 Å². The molecular weight excluding hydrogens is 330 g/mol. The Kier molecular flexibility index (Phi) is 4.48. The number of halogens is 1. The number of benzene rings is 1. The maximum absolute atomic E-state index is 12.1. The van der Waals surface area contributed by atoms with Crippen LogP contribution in [0, 0.1) is 0 Å². The zero-order valence-electron chi connectivity index (χ0n) is 9.76. The topological polar surface area (TPSA) is 20.3 Å². The van der Waals surface area contributed by atoms with Gasteiger partial charge in [0.2, 0.25) is 0 Å². The molecule has 0 radical (unpaired) electrons. The molecule has 0 fully saturated rings. The highest BCUT2D eigenvalue weighted by Gasteiger charge is 2.13. The molecule has 0 aliphatic carbocycles. The number of hydrogen-bond donors (Lipinski definition) is 1. The van der Waals surface area contributed by atoms with E-state index in [1.54, 1.807) is 11.0 Å². The maximum Gasteiger partial charge on any atom is 0.264 e. The molecule has 0 spiro atoms. The first-order valence-corrected chi connectivity index (χ1v) is 7.45. The van der Waals surface area contributed by atoms with Gasteiger partial charge in [0.25, 0.3) is 5.91 Å². The predicted molar refractivity (Wildman–Crippen MR) is 81.5 cm³/mol. The lowest BCUT2D eigenvalue weighted by Crippen LogP contribution is -2.25. The average molecular weight is 342 g/mol. The number of carbonyl (C=O) groups excluding carboxylic acids is 1. The Hall–Kier alpha value is -0.780. The van der Waals surface area contributed by atoms with E-state index in [0.29, 0.717) is 6.54 Å². The van der Waals surface area contributed by atoms with Crippen molar-refractivity contribution in [3.05, 3.63) is 50.6 Å². The summed E-state index contributed by atoms with van der Waals surface area (Å²) in [6.45, 7) is 0.603. The van der Waals surface area contributed by atoms with E-state index in [4.69, 9.17) is 0 Å². The Morgan fingerprint density at radius 1 is 1.39 bits per heavy atom. The van der Waals surface area contributed by atoms with Crippen LogP contribution in [-0.4, -0.2) is 17.9 Å². The Morgan fingerprint density at radius 3 is 2.61 bits per heavy atom. The fourth-order valence-corrected chi connectivity index (χ4v) is 2.97. The highest BCUT2D eigenvalue weighted by atomic mass is 79.9. The second-order valence-electron chi connectivity index (χ2n) is 3.96. The number of hydrogen-bond acceptors (Lipinski definition) is 3. The molecule has 0 N–H and O–H groups in total. The third kappa shape index (κ3) is 3.37. The Bertz CT molecular complexity index is 550. The molecule has 0 saturated heterocycles. The Morgan fingerprint density at radius 2 is 2.06 bits per heavy atom. The van der Waals surface area contributed by atoms with Crippen LogP contribution in [0.4, 0.5) is 0 Å². The number of rotatable bonds is 3. The Labute approximate surface area is 124 Å². The predicted octanol–water partition coefficient (Wildman–Crippen LogP) is 4.07. The summed E-state index contributed by atoms with van der Waals surface area (Å²) >= 11 is 9.03. The summed E-state index contributed by atoms with van der Waals surface area (Å²) in [4.78, 5) is 15.4. The number of thiol groups is 1. The molecule has 94 valence electrons. The van der Waals surface area contributed by atoms with Crippen molar-refractivity contribution < 1.29 is 4.79 Å². The second-order valence-corrected chi connectivity index (χ2v) is 6.30. The van der Waals surface area contributed by atoms with Gasteiger partial charge < -0.3 is 4.90 Å². The molecule has 0 aliphatic rings. The lowest BCUT2D eigenvalue weighted by atomic mass is 10.2. The van der Waals surface area contributed by atoms with Gasteiger partial charge in [-0.1, -0.05) is 28.1 Å². The van der Waals surface area contributed by atoms with Crippen molar-refractivity contribution in [2.24, 2.45) is 0 Å². The number of nitrogens with zero attached hydrogens (tertiary/aromatic N) is 1. The summed E-state index contributed by atoms with van der Waals surface area (Å²) in [5, 5.41) is 1.86. The van der Waals surface area contributed by atoms with Crippen LogP contribution in [0.3, 0.4) is 0 Å². The van der Waals surface area contributed by atoms with E-state index >= 15 is 0 Å². The van der Waals surface area contributed by atoms with E-state index in [1.807, 2.05) is 36.7 Å². The van der Waals surface area contributed by atoms with Crippen LogP contribution in [0.5, 0.6) is 0 Å². The van der Waals surface area contributed by atoms with E-state index in [2.05, 4.69) is 28.6 Å². The molecule has 0 saturated carbocycles. The van der Waals surface area contributed by atoms with E-state index in [1.165, 1.54) is 11.3 Å². The maximum atomic E-state index is 12.1. The molecule has 2 nitrogen and oxygen atoms in total. The van der Waals surface area contributed by atoms with Gasteiger partial charge in [0.1, 0.15) is 0 Å². The summed E-state index contributed by atoms with van der Waals surface area (Å²) in [6.07, 6.45) is 0. The summed E-state index contributed by atoms with van der Waals surface area (Å²) in [5.74, 6) is 0.0308. The summed E-state index contributed by atoms with van der Waals surface area (Å²) in [7, 11) is 1.81. The van der Waals surface area contributed by atoms with Crippen LogP contribution in [0.15, 0.2) is 45.1 Å². The number of thiophene rings is 1.